The minimum atomic E-state index is -0.135. The van der Waals surface area contributed by atoms with Crippen molar-refractivity contribution in [3.8, 4) is 17.5 Å². The molecule has 0 aliphatic carbocycles. The van der Waals surface area contributed by atoms with Crippen LogP contribution in [0.5, 0.6) is 0 Å². The van der Waals surface area contributed by atoms with Crippen molar-refractivity contribution in [1.82, 2.24) is 15.5 Å². The summed E-state index contributed by atoms with van der Waals surface area (Å²) in [5.74, 6) is 0.831. The van der Waals surface area contributed by atoms with Crippen molar-refractivity contribution in [2.75, 3.05) is 0 Å². The van der Waals surface area contributed by atoms with Gasteiger partial charge in [0.15, 0.2) is 0 Å². The number of nitrogens with one attached hydrogen (secondary N) is 1. The molecule has 25 heavy (non-hydrogen) atoms. The fourth-order valence-electron chi connectivity index (χ4n) is 2.32. The molecule has 2 aromatic heterocycles. The maximum absolute atomic E-state index is 12.1. The number of nitrogens with zero attached hydrogens (tertiary/aromatic N) is 3. The number of thiophene rings is 1. The highest BCUT2D eigenvalue weighted by atomic mass is 32.1. The number of amides is 1. The Kier molecular flexibility index (Phi) is 5.21. The number of aryl methyl sites for hydroxylation is 1. The molecule has 0 radical (unpaired) electrons. The Morgan fingerprint density at radius 2 is 2.12 bits per heavy atom. The number of rotatable bonds is 6. The molecule has 7 heteroatoms. The maximum Gasteiger partial charge on any atom is 0.248 e. The van der Waals surface area contributed by atoms with Crippen molar-refractivity contribution < 1.29 is 9.21 Å². The first-order valence-corrected chi connectivity index (χ1v) is 8.74. The van der Waals surface area contributed by atoms with Crippen LogP contribution in [-0.4, -0.2) is 16.1 Å². The molecule has 0 aliphatic heterocycles. The summed E-state index contributed by atoms with van der Waals surface area (Å²) in [5.41, 5.74) is 2.44. The Labute approximate surface area is 149 Å². The van der Waals surface area contributed by atoms with Gasteiger partial charge in [0.1, 0.15) is 0 Å². The predicted molar refractivity (Wildman–Crippen MR) is 93.6 cm³/mol. The van der Waals surface area contributed by atoms with Crippen molar-refractivity contribution in [2.45, 2.75) is 25.8 Å². The van der Waals surface area contributed by atoms with E-state index in [9.17, 15) is 4.79 Å². The Balaban J connectivity index is 1.51. The number of carbonyl (C=O) groups is 1. The fraction of sp³-hybridized carbons (Fsp3) is 0.222. The summed E-state index contributed by atoms with van der Waals surface area (Å²) in [6, 6.07) is 11.0. The molecule has 126 valence electrons. The molecule has 0 saturated carbocycles. The molecule has 1 N–H and O–H groups in total. The van der Waals surface area contributed by atoms with E-state index in [1.165, 1.54) is 0 Å². The molecule has 1 amide bonds. The monoisotopic (exact) mass is 352 g/mol. The predicted octanol–water partition coefficient (Wildman–Crippen LogP) is 3.48. The SMILES string of the molecule is CC(NC(=O)CCc1nnc(-c2ccsc2)o1)c1ccc(C#N)cc1. The first-order valence-electron chi connectivity index (χ1n) is 7.80. The quantitative estimate of drug-likeness (QED) is 0.733. The van der Waals surface area contributed by atoms with Crippen LogP contribution in [0.2, 0.25) is 0 Å². The van der Waals surface area contributed by atoms with Gasteiger partial charge in [0.05, 0.1) is 17.7 Å². The first kappa shape index (κ1) is 16.9. The molecule has 0 saturated heterocycles. The number of carbonyl (C=O) groups excluding carboxylic acids is 1. The van der Waals surface area contributed by atoms with E-state index in [0.717, 1.165) is 11.1 Å². The smallest absolute Gasteiger partial charge is 0.248 e. The number of benzene rings is 1. The topological polar surface area (TPSA) is 91.8 Å². The van der Waals surface area contributed by atoms with Gasteiger partial charge in [-0.2, -0.15) is 16.6 Å². The third-order valence-electron chi connectivity index (χ3n) is 3.72. The Morgan fingerprint density at radius 1 is 1.32 bits per heavy atom. The molecule has 1 atom stereocenters. The molecule has 0 spiro atoms. The summed E-state index contributed by atoms with van der Waals surface area (Å²) in [7, 11) is 0. The van der Waals surface area contributed by atoms with E-state index in [1.807, 2.05) is 35.9 Å². The lowest BCUT2D eigenvalue weighted by atomic mass is 10.1. The number of aromatic nitrogens is 2. The molecule has 0 aliphatic rings. The molecule has 2 heterocycles. The second-order valence-corrected chi connectivity index (χ2v) is 6.32. The van der Waals surface area contributed by atoms with Gasteiger partial charge < -0.3 is 9.73 Å². The van der Waals surface area contributed by atoms with Crippen LogP contribution in [-0.2, 0) is 11.2 Å². The van der Waals surface area contributed by atoms with Crippen molar-refractivity contribution in [3.63, 3.8) is 0 Å². The van der Waals surface area contributed by atoms with Gasteiger partial charge in [0, 0.05) is 23.8 Å². The van der Waals surface area contributed by atoms with Crippen LogP contribution in [0, 0.1) is 11.3 Å². The van der Waals surface area contributed by atoms with E-state index in [2.05, 4.69) is 21.6 Å². The van der Waals surface area contributed by atoms with Gasteiger partial charge in [-0.15, -0.1) is 10.2 Å². The molecule has 0 fully saturated rings. The molecule has 1 unspecified atom stereocenters. The Morgan fingerprint density at radius 3 is 2.80 bits per heavy atom. The maximum atomic E-state index is 12.1. The summed E-state index contributed by atoms with van der Waals surface area (Å²) in [5, 5.41) is 23.6. The molecule has 1 aromatic carbocycles. The number of hydrogen-bond acceptors (Lipinski definition) is 6. The van der Waals surface area contributed by atoms with Gasteiger partial charge in [-0.3, -0.25) is 4.79 Å². The van der Waals surface area contributed by atoms with Crippen molar-refractivity contribution >= 4 is 17.2 Å². The second-order valence-electron chi connectivity index (χ2n) is 5.54. The summed E-state index contributed by atoms with van der Waals surface area (Å²) < 4.78 is 5.57. The molecule has 6 nitrogen and oxygen atoms in total. The van der Waals surface area contributed by atoms with Gasteiger partial charge >= 0.3 is 0 Å². The average Bonchev–Trinajstić information content (AvgIpc) is 3.31. The van der Waals surface area contributed by atoms with Crippen molar-refractivity contribution in [1.29, 1.82) is 5.26 Å². The van der Waals surface area contributed by atoms with Crippen molar-refractivity contribution in [2.24, 2.45) is 0 Å². The third kappa shape index (κ3) is 4.31. The van der Waals surface area contributed by atoms with Gasteiger partial charge in [0.2, 0.25) is 17.7 Å². The number of hydrogen-bond donors (Lipinski definition) is 1. The van der Waals surface area contributed by atoms with Gasteiger partial charge in [-0.1, -0.05) is 12.1 Å². The Bertz CT molecular complexity index is 879. The lowest BCUT2D eigenvalue weighted by Crippen LogP contribution is -2.26. The van der Waals surface area contributed by atoms with Crippen LogP contribution < -0.4 is 5.32 Å². The van der Waals surface area contributed by atoms with Gasteiger partial charge in [-0.25, -0.2) is 0 Å². The fourth-order valence-corrected chi connectivity index (χ4v) is 2.95. The van der Waals surface area contributed by atoms with Gasteiger partial charge in [0.25, 0.3) is 0 Å². The van der Waals surface area contributed by atoms with E-state index in [1.54, 1.807) is 23.5 Å². The highest BCUT2D eigenvalue weighted by Gasteiger charge is 2.13. The average molecular weight is 352 g/mol. The van der Waals surface area contributed by atoms with E-state index in [4.69, 9.17) is 9.68 Å². The summed E-state index contributed by atoms with van der Waals surface area (Å²) in [6.07, 6.45) is 0.662. The summed E-state index contributed by atoms with van der Waals surface area (Å²) >= 11 is 1.56. The molecular formula is C18H16N4O2S. The standard InChI is InChI=1S/C18H16N4O2S/c1-12(14-4-2-13(10-19)3-5-14)20-16(23)6-7-17-21-22-18(24-17)15-8-9-25-11-15/h2-5,8-9,11-12H,6-7H2,1H3,(H,20,23). The van der Waals surface area contributed by atoms with Crippen LogP contribution in [0.4, 0.5) is 0 Å². The normalized spacial score (nSPS) is 11.7. The largest absolute Gasteiger partial charge is 0.421 e. The van der Waals surface area contributed by atoms with E-state index < -0.39 is 0 Å². The minimum Gasteiger partial charge on any atom is -0.421 e. The highest BCUT2D eigenvalue weighted by molar-refractivity contribution is 7.08. The van der Waals surface area contributed by atoms with E-state index in [0.29, 0.717) is 23.8 Å². The van der Waals surface area contributed by atoms with Crippen LogP contribution in [0.3, 0.4) is 0 Å². The van der Waals surface area contributed by atoms with Crippen LogP contribution >= 0.6 is 11.3 Å². The summed E-state index contributed by atoms with van der Waals surface area (Å²) in [4.78, 5) is 12.1. The van der Waals surface area contributed by atoms with E-state index >= 15 is 0 Å². The lowest BCUT2D eigenvalue weighted by Gasteiger charge is -2.14. The molecular weight excluding hydrogens is 336 g/mol. The zero-order valence-electron chi connectivity index (χ0n) is 13.6. The first-order chi connectivity index (χ1) is 12.2. The minimum absolute atomic E-state index is 0.0906. The summed E-state index contributed by atoms with van der Waals surface area (Å²) in [6.45, 7) is 1.90. The highest BCUT2D eigenvalue weighted by Crippen LogP contribution is 2.21. The molecule has 3 rings (SSSR count). The van der Waals surface area contributed by atoms with Crippen molar-refractivity contribution in [3.05, 3.63) is 58.1 Å². The van der Waals surface area contributed by atoms with Crippen LogP contribution in [0.1, 0.15) is 36.4 Å². The zero-order valence-corrected chi connectivity index (χ0v) is 14.4. The number of nitriles is 1. The van der Waals surface area contributed by atoms with Crippen LogP contribution in [0.15, 0.2) is 45.5 Å². The van der Waals surface area contributed by atoms with Gasteiger partial charge in [-0.05, 0) is 36.1 Å². The van der Waals surface area contributed by atoms with Crippen LogP contribution in [0.25, 0.3) is 11.5 Å². The second kappa shape index (κ2) is 7.73. The zero-order chi connectivity index (χ0) is 17.6. The molecule has 0 bridgehead atoms. The van der Waals surface area contributed by atoms with E-state index in [-0.39, 0.29) is 18.4 Å². The molecule has 3 aromatic rings. The Hall–Kier alpha value is -2.98. The third-order valence-corrected chi connectivity index (χ3v) is 4.40. The lowest BCUT2D eigenvalue weighted by molar-refractivity contribution is -0.121.